The summed E-state index contributed by atoms with van der Waals surface area (Å²) in [4.78, 5) is 10.5. The highest BCUT2D eigenvalue weighted by atomic mass is 127. The van der Waals surface area contributed by atoms with E-state index in [0.717, 1.165) is 3.57 Å². The van der Waals surface area contributed by atoms with Crippen LogP contribution in [0, 0.1) is 3.57 Å². The quantitative estimate of drug-likeness (QED) is 0.615. The molecule has 0 amide bonds. The highest BCUT2D eigenvalue weighted by Gasteiger charge is 2.09. The van der Waals surface area contributed by atoms with Gasteiger partial charge in [-0.25, -0.2) is 4.79 Å². The van der Waals surface area contributed by atoms with E-state index in [1.165, 1.54) is 12.1 Å². The van der Waals surface area contributed by atoms with Crippen molar-refractivity contribution in [2.24, 2.45) is 0 Å². The zero-order valence-electron chi connectivity index (χ0n) is 5.64. The first-order valence-corrected chi connectivity index (χ1v) is 5.15. The summed E-state index contributed by atoms with van der Waals surface area (Å²) >= 11 is 11.0. The molecule has 0 fully saturated rings. The summed E-state index contributed by atoms with van der Waals surface area (Å²) in [6.45, 7) is 0. The predicted molar refractivity (Wildman–Crippen MR) is 58.8 cm³/mol. The van der Waals surface area contributed by atoms with Crippen LogP contribution in [0.2, 0.25) is 5.02 Å². The summed E-state index contributed by atoms with van der Waals surface area (Å²) in [7, 11) is 0. The van der Waals surface area contributed by atoms with E-state index in [1.807, 2.05) is 22.6 Å². The van der Waals surface area contributed by atoms with Gasteiger partial charge in [0.25, 0.3) is 0 Å². The molecule has 0 aromatic heterocycles. The molecule has 0 saturated heterocycles. The molecule has 1 N–H and O–H groups in total. The molecule has 1 aromatic rings. The third kappa shape index (κ3) is 2.11. The van der Waals surface area contributed by atoms with Gasteiger partial charge in [-0.1, -0.05) is 11.6 Å². The Kier molecular flexibility index (Phi) is 3.37. The monoisotopic (exact) mass is 360 g/mol. The molecule has 0 heterocycles. The molecular formula is C7H3BrClIO2. The smallest absolute Gasteiger partial charge is 0.335 e. The minimum absolute atomic E-state index is 0.187. The first-order valence-electron chi connectivity index (χ1n) is 2.90. The van der Waals surface area contributed by atoms with Crippen LogP contribution in [0.1, 0.15) is 10.4 Å². The lowest BCUT2D eigenvalue weighted by Gasteiger charge is -2.01. The van der Waals surface area contributed by atoms with Crippen LogP contribution in [0.4, 0.5) is 0 Å². The molecular weight excluding hydrogens is 358 g/mol. The molecule has 0 saturated carbocycles. The van der Waals surface area contributed by atoms with Gasteiger partial charge in [0.05, 0.1) is 10.6 Å². The second-order valence-electron chi connectivity index (χ2n) is 2.06. The molecule has 0 unspecified atom stereocenters. The highest BCUT2D eigenvalue weighted by Crippen LogP contribution is 2.28. The lowest BCUT2D eigenvalue weighted by atomic mass is 10.2. The number of hydrogen-bond donors (Lipinski definition) is 1. The Balaban J connectivity index is 3.31. The number of carbonyl (C=O) groups is 1. The van der Waals surface area contributed by atoms with E-state index < -0.39 is 5.97 Å². The Labute approximate surface area is 96.2 Å². The van der Waals surface area contributed by atoms with Crippen LogP contribution in [0.5, 0.6) is 0 Å². The van der Waals surface area contributed by atoms with Crippen molar-refractivity contribution < 1.29 is 9.90 Å². The molecule has 1 rings (SSSR count). The first kappa shape index (κ1) is 10.3. The topological polar surface area (TPSA) is 37.3 Å². The van der Waals surface area contributed by atoms with Crippen molar-refractivity contribution in [1.82, 2.24) is 0 Å². The predicted octanol–water partition coefficient (Wildman–Crippen LogP) is 3.41. The SMILES string of the molecule is O=C(O)c1cc(Cl)c(I)c(Br)c1. The van der Waals surface area contributed by atoms with Crippen molar-refractivity contribution in [2.75, 3.05) is 0 Å². The Bertz CT molecular complexity index is 317. The molecule has 0 atom stereocenters. The summed E-state index contributed by atoms with van der Waals surface area (Å²) in [5.41, 5.74) is 0.187. The van der Waals surface area contributed by atoms with Crippen LogP contribution in [-0.4, -0.2) is 11.1 Å². The van der Waals surface area contributed by atoms with Crippen LogP contribution in [0.15, 0.2) is 16.6 Å². The van der Waals surface area contributed by atoms with Crippen molar-refractivity contribution in [2.45, 2.75) is 0 Å². The van der Waals surface area contributed by atoms with Crippen molar-refractivity contribution in [1.29, 1.82) is 0 Å². The lowest BCUT2D eigenvalue weighted by Crippen LogP contribution is -1.96. The van der Waals surface area contributed by atoms with E-state index >= 15 is 0 Å². The first-order chi connectivity index (χ1) is 5.52. The number of hydrogen-bond acceptors (Lipinski definition) is 1. The summed E-state index contributed by atoms with van der Waals surface area (Å²) in [6.07, 6.45) is 0. The van der Waals surface area contributed by atoms with Crippen molar-refractivity contribution in [3.63, 3.8) is 0 Å². The van der Waals surface area contributed by atoms with Crippen molar-refractivity contribution in [3.05, 3.63) is 30.8 Å². The number of carboxylic acids is 1. The largest absolute Gasteiger partial charge is 0.478 e. The van der Waals surface area contributed by atoms with Gasteiger partial charge in [-0.2, -0.15) is 0 Å². The zero-order chi connectivity index (χ0) is 9.30. The third-order valence-electron chi connectivity index (χ3n) is 1.23. The highest BCUT2D eigenvalue weighted by molar-refractivity contribution is 14.1. The maximum absolute atomic E-state index is 10.5. The van der Waals surface area contributed by atoms with Gasteiger partial charge in [-0.3, -0.25) is 0 Å². The fourth-order valence-electron chi connectivity index (χ4n) is 0.679. The number of aromatic carboxylic acids is 1. The van der Waals surface area contributed by atoms with Crippen LogP contribution in [0.25, 0.3) is 0 Å². The number of rotatable bonds is 1. The van der Waals surface area contributed by atoms with E-state index in [4.69, 9.17) is 16.7 Å². The summed E-state index contributed by atoms with van der Waals surface area (Å²) in [5, 5.41) is 9.09. The van der Waals surface area contributed by atoms with E-state index in [9.17, 15) is 4.79 Å². The molecule has 0 aliphatic rings. The minimum Gasteiger partial charge on any atom is -0.478 e. The maximum atomic E-state index is 10.5. The Morgan fingerprint density at radius 1 is 1.58 bits per heavy atom. The van der Waals surface area contributed by atoms with E-state index in [2.05, 4.69) is 15.9 Å². The number of halogens is 3. The van der Waals surface area contributed by atoms with Crippen LogP contribution in [0.3, 0.4) is 0 Å². The van der Waals surface area contributed by atoms with Gasteiger partial charge >= 0.3 is 5.97 Å². The van der Waals surface area contributed by atoms with Gasteiger partial charge in [-0.15, -0.1) is 0 Å². The number of carboxylic acid groups (broad SMARTS) is 1. The molecule has 1 aromatic carbocycles. The summed E-state index contributed by atoms with van der Waals surface area (Å²) in [5.74, 6) is -0.978. The van der Waals surface area contributed by atoms with Crippen molar-refractivity contribution >= 4 is 56.1 Å². The van der Waals surface area contributed by atoms with Gasteiger partial charge in [-0.05, 0) is 50.7 Å². The average Bonchev–Trinajstić information content (AvgIpc) is 1.99. The van der Waals surface area contributed by atoms with Gasteiger partial charge in [0.2, 0.25) is 0 Å². The molecule has 2 nitrogen and oxygen atoms in total. The molecule has 0 spiro atoms. The van der Waals surface area contributed by atoms with E-state index in [1.54, 1.807) is 0 Å². The Morgan fingerprint density at radius 2 is 2.17 bits per heavy atom. The van der Waals surface area contributed by atoms with Gasteiger partial charge < -0.3 is 5.11 Å². The maximum Gasteiger partial charge on any atom is 0.335 e. The average molecular weight is 361 g/mol. The number of benzene rings is 1. The standard InChI is InChI=1S/C7H3BrClIO2/c8-4-1-3(7(11)12)2-5(9)6(4)10/h1-2H,(H,11,12). The fraction of sp³-hybridized carbons (Fsp3) is 0. The molecule has 0 aliphatic carbocycles. The Hall–Kier alpha value is 0.190. The van der Waals surface area contributed by atoms with E-state index in [0.29, 0.717) is 9.50 Å². The fourth-order valence-corrected chi connectivity index (χ4v) is 1.78. The van der Waals surface area contributed by atoms with Gasteiger partial charge in [0.1, 0.15) is 0 Å². The zero-order valence-corrected chi connectivity index (χ0v) is 10.1. The van der Waals surface area contributed by atoms with Crippen LogP contribution in [-0.2, 0) is 0 Å². The van der Waals surface area contributed by atoms with Gasteiger partial charge in [0.15, 0.2) is 0 Å². The molecule has 12 heavy (non-hydrogen) atoms. The molecule has 0 aliphatic heterocycles. The molecule has 0 radical (unpaired) electrons. The van der Waals surface area contributed by atoms with Crippen molar-refractivity contribution in [3.8, 4) is 0 Å². The van der Waals surface area contributed by atoms with Crippen LogP contribution >= 0.6 is 50.1 Å². The second kappa shape index (κ2) is 3.93. The lowest BCUT2D eigenvalue weighted by molar-refractivity contribution is 0.0697. The second-order valence-corrected chi connectivity index (χ2v) is 4.40. The molecule has 5 heteroatoms. The molecule has 0 bridgehead atoms. The normalized spacial score (nSPS) is 9.92. The third-order valence-corrected chi connectivity index (χ3v) is 4.38. The summed E-state index contributed by atoms with van der Waals surface area (Å²) < 4.78 is 1.52. The Morgan fingerprint density at radius 3 is 2.58 bits per heavy atom. The summed E-state index contributed by atoms with van der Waals surface area (Å²) in [6, 6.07) is 2.95. The van der Waals surface area contributed by atoms with Gasteiger partial charge in [0, 0.05) is 8.04 Å². The molecule has 64 valence electrons. The van der Waals surface area contributed by atoms with E-state index in [-0.39, 0.29) is 5.56 Å². The van der Waals surface area contributed by atoms with Crippen LogP contribution < -0.4 is 0 Å². The minimum atomic E-state index is -0.978.